The molecule has 1 aliphatic carbocycles. The van der Waals surface area contributed by atoms with Gasteiger partial charge in [0.2, 0.25) is 5.91 Å². The zero-order chi connectivity index (χ0) is 13.1. The molecule has 0 bridgehead atoms. The van der Waals surface area contributed by atoms with Gasteiger partial charge in [0.25, 0.3) is 0 Å². The van der Waals surface area contributed by atoms with E-state index in [0.717, 1.165) is 24.0 Å². The lowest BCUT2D eigenvalue weighted by molar-refractivity contribution is -0.117. The summed E-state index contributed by atoms with van der Waals surface area (Å²) in [5, 5.41) is 2.75. The number of aryl methyl sites for hydroxylation is 1. The molecule has 0 radical (unpaired) electrons. The van der Waals surface area contributed by atoms with Crippen molar-refractivity contribution in [3.63, 3.8) is 0 Å². The number of hydrogen-bond acceptors (Lipinski definition) is 3. The van der Waals surface area contributed by atoms with E-state index in [-0.39, 0.29) is 11.7 Å². The fraction of sp³-hybridized carbons (Fsp3) is 0.429. The van der Waals surface area contributed by atoms with Gasteiger partial charge in [-0.25, -0.2) is 0 Å². The number of nitrogens with one attached hydrogen (secondary N) is 1. The number of amides is 1. The van der Waals surface area contributed by atoms with Crippen molar-refractivity contribution in [2.24, 2.45) is 5.73 Å². The molecule has 1 amide bonds. The fourth-order valence-electron chi connectivity index (χ4n) is 2.13. The van der Waals surface area contributed by atoms with E-state index >= 15 is 0 Å². The van der Waals surface area contributed by atoms with Gasteiger partial charge in [-0.05, 0) is 37.0 Å². The predicted octanol–water partition coefficient (Wildman–Crippen LogP) is 1.88. The number of hydrogen-bond donors (Lipinski definition) is 2. The third-order valence-electron chi connectivity index (χ3n) is 3.30. The van der Waals surface area contributed by atoms with Crippen molar-refractivity contribution >= 4 is 17.4 Å². The van der Waals surface area contributed by atoms with Gasteiger partial charge in [0.1, 0.15) is 0 Å². The third kappa shape index (κ3) is 2.59. The van der Waals surface area contributed by atoms with Crippen molar-refractivity contribution in [1.29, 1.82) is 0 Å². The summed E-state index contributed by atoms with van der Waals surface area (Å²) in [6.07, 6.45) is 3.04. The molecule has 0 aromatic heterocycles. The normalized spacial score (nSPS) is 16.0. The lowest BCUT2D eigenvalue weighted by Gasteiger charge is -2.16. The van der Waals surface area contributed by atoms with E-state index in [9.17, 15) is 9.59 Å². The van der Waals surface area contributed by atoms with Gasteiger partial charge in [-0.1, -0.05) is 13.0 Å². The van der Waals surface area contributed by atoms with Crippen LogP contribution in [0.4, 0.5) is 5.69 Å². The Labute approximate surface area is 107 Å². The molecule has 4 nitrogen and oxygen atoms in total. The van der Waals surface area contributed by atoms with Gasteiger partial charge in [0.15, 0.2) is 5.78 Å². The number of carbonyl (C=O) groups excluding carboxylic acids is 2. The first-order chi connectivity index (χ1) is 8.61. The van der Waals surface area contributed by atoms with Crippen LogP contribution in [0, 0.1) is 0 Å². The molecule has 0 spiro atoms. The van der Waals surface area contributed by atoms with Crippen molar-refractivity contribution in [2.75, 3.05) is 5.32 Å². The molecule has 0 fully saturated rings. The van der Waals surface area contributed by atoms with E-state index in [2.05, 4.69) is 5.32 Å². The van der Waals surface area contributed by atoms with Gasteiger partial charge in [0, 0.05) is 17.7 Å². The summed E-state index contributed by atoms with van der Waals surface area (Å²) < 4.78 is 0. The molecule has 1 atom stereocenters. The average Bonchev–Trinajstić information content (AvgIpc) is 2.38. The van der Waals surface area contributed by atoms with E-state index in [0.29, 0.717) is 18.5 Å². The van der Waals surface area contributed by atoms with Crippen molar-refractivity contribution < 1.29 is 9.59 Å². The Bertz CT molecular complexity index is 483. The highest BCUT2D eigenvalue weighted by molar-refractivity contribution is 6.01. The predicted molar refractivity (Wildman–Crippen MR) is 70.6 cm³/mol. The second-order valence-electron chi connectivity index (χ2n) is 4.65. The standard InChI is InChI=1S/C14H18N2O2/c1-2-12(15)14(18)16-10-7-6-9-4-3-5-13(17)11(9)8-10/h6-8,12H,2-5,15H2,1H3,(H,16,18). The number of benzene rings is 1. The van der Waals surface area contributed by atoms with Gasteiger partial charge in [-0.15, -0.1) is 0 Å². The first-order valence-electron chi connectivity index (χ1n) is 6.34. The number of Topliss-reactive ketones (excluding diaryl/α,β-unsaturated/α-hetero) is 1. The second-order valence-corrected chi connectivity index (χ2v) is 4.65. The van der Waals surface area contributed by atoms with Crippen LogP contribution in [0.15, 0.2) is 18.2 Å². The second kappa shape index (κ2) is 5.31. The van der Waals surface area contributed by atoms with Gasteiger partial charge >= 0.3 is 0 Å². The molecule has 0 aliphatic heterocycles. The summed E-state index contributed by atoms with van der Waals surface area (Å²) >= 11 is 0. The molecule has 0 heterocycles. The molecule has 1 aliphatic rings. The minimum Gasteiger partial charge on any atom is -0.325 e. The Morgan fingerprint density at radius 1 is 1.44 bits per heavy atom. The third-order valence-corrected chi connectivity index (χ3v) is 3.30. The smallest absolute Gasteiger partial charge is 0.241 e. The first-order valence-corrected chi connectivity index (χ1v) is 6.34. The highest BCUT2D eigenvalue weighted by Gasteiger charge is 2.18. The Hall–Kier alpha value is -1.68. The number of nitrogens with two attached hydrogens (primary N) is 1. The zero-order valence-electron chi connectivity index (χ0n) is 10.5. The molecule has 2 rings (SSSR count). The van der Waals surface area contributed by atoms with Crippen LogP contribution in [0.25, 0.3) is 0 Å². The molecule has 1 aromatic carbocycles. The van der Waals surface area contributed by atoms with E-state index < -0.39 is 6.04 Å². The monoisotopic (exact) mass is 246 g/mol. The van der Waals surface area contributed by atoms with Crippen LogP contribution in [0.3, 0.4) is 0 Å². The maximum Gasteiger partial charge on any atom is 0.241 e. The minimum absolute atomic E-state index is 0.159. The summed E-state index contributed by atoms with van der Waals surface area (Å²) in [6.45, 7) is 1.86. The van der Waals surface area contributed by atoms with Crippen LogP contribution in [-0.2, 0) is 11.2 Å². The van der Waals surface area contributed by atoms with E-state index in [1.165, 1.54) is 0 Å². The van der Waals surface area contributed by atoms with Gasteiger partial charge in [0.05, 0.1) is 6.04 Å². The molecule has 18 heavy (non-hydrogen) atoms. The molecule has 0 saturated heterocycles. The Morgan fingerprint density at radius 2 is 2.22 bits per heavy atom. The number of rotatable bonds is 3. The Balaban J connectivity index is 2.18. The SMILES string of the molecule is CCC(N)C(=O)Nc1ccc2c(c1)C(=O)CCC2. The Morgan fingerprint density at radius 3 is 2.94 bits per heavy atom. The summed E-state index contributed by atoms with van der Waals surface area (Å²) in [7, 11) is 0. The van der Waals surface area contributed by atoms with Crippen LogP contribution in [-0.4, -0.2) is 17.7 Å². The maximum atomic E-state index is 11.8. The van der Waals surface area contributed by atoms with Crippen molar-refractivity contribution in [1.82, 2.24) is 0 Å². The zero-order valence-corrected chi connectivity index (χ0v) is 10.5. The molecule has 3 N–H and O–H groups in total. The fourth-order valence-corrected chi connectivity index (χ4v) is 2.13. The van der Waals surface area contributed by atoms with Crippen LogP contribution in [0.2, 0.25) is 0 Å². The van der Waals surface area contributed by atoms with E-state index in [1.54, 1.807) is 6.07 Å². The molecule has 96 valence electrons. The van der Waals surface area contributed by atoms with Crippen molar-refractivity contribution in [2.45, 2.75) is 38.6 Å². The number of anilines is 1. The van der Waals surface area contributed by atoms with Gasteiger partial charge in [-0.3, -0.25) is 9.59 Å². The molecule has 1 unspecified atom stereocenters. The topological polar surface area (TPSA) is 72.2 Å². The molecule has 1 aromatic rings. The van der Waals surface area contributed by atoms with Crippen LogP contribution >= 0.6 is 0 Å². The van der Waals surface area contributed by atoms with Crippen molar-refractivity contribution in [3.05, 3.63) is 29.3 Å². The summed E-state index contributed by atoms with van der Waals surface area (Å²) in [5.41, 5.74) is 8.11. The first kappa shape index (κ1) is 12.8. The minimum atomic E-state index is -0.503. The molecule has 4 heteroatoms. The van der Waals surface area contributed by atoms with E-state index in [4.69, 9.17) is 5.73 Å². The van der Waals surface area contributed by atoms with Gasteiger partial charge in [-0.2, -0.15) is 0 Å². The largest absolute Gasteiger partial charge is 0.325 e. The van der Waals surface area contributed by atoms with E-state index in [1.807, 2.05) is 19.1 Å². The molecule has 0 saturated carbocycles. The van der Waals surface area contributed by atoms with Crippen LogP contribution in [0.5, 0.6) is 0 Å². The lowest BCUT2D eigenvalue weighted by Crippen LogP contribution is -2.34. The quantitative estimate of drug-likeness (QED) is 0.855. The van der Waals surface area contributed by atoms with Crippen LogP contribution < -0.4 is 11.1 Å². The van der Waals surface area contributed by atoms with Crippen molar-refractivity contribution in [3.8, 4) is 0 Å². The lowest BCUT2D eigenvalue weighted by atomic mass is 9.90. The number of ketones is 1. The number of fused-ring (bicyclic) bond motifs is 1. The summed E-state index contributed by atoms with van der Waals surface area (Å²) in [6, 6.07) is 5.01. The molecular formula is C14H18N2O2. The number of carbonyl (C=O) groups is 2. The summed E-state index contributed by atoms with van der Waals surface area (Å²) in [5.74, 6) is -0.0483. The van der Waals surface area contributed by atoms with Gasteiger partial charge < -0.3 is 11.1 Å². The maximum absolute atomic E-state index is 11.8. The Kier molecular flexibility index (Phi) is 3.77. The highest BCUT2D eigenvalue weighted by Crippen LogP contribution is 2.24. The molecular weight excluding hydrogens is 228 g/mol. The van der Waals surface area contributed by atoms with Crippen LogP contribution in [0.1, 0.15) is 42.1 Å². The average molecular weight is 246 g/mol. The highest BCUT2D eigenvalue weighted by atomic mass is 16.2. The summed E-state index contributed by atoms with van der Waals surface area (Å²) in [4.78, 5) is 23.4.